The van der Waals surface area contributed by atoms with Crippen molar-refractivity contribution in [3.8, 4) is 5.75 Å². The maximum Gasteiger partial charge on any atom is 0.216 e. The summed E-state index contributed by atoms with van der Waals surface area (Å²) in [5.74, 6) is 0.881. The molecule has 0 aromatic heterocycles. The topological polar surface area (TPSA) is 50.8 Å². The molecular weight excluding hydrogens is 268 g/mol. The van der Waals surface area contributed by atoms with Gasteiger partial charge in [0.15, 0.2) is 0 Å². The van der Waals surface area contributed by atoms with Crippen LogP contribution in [-0.2, 0) is 16.1 Å². The Balaban J connectivity index is 1.67. The third-order valence-electron chi connectivity index (χ3n) is 3.40. The molecule has 0 atom stereocenters. The van der Waals surface area contributed by atoms with E-state index in [0.29, 0.717) is 13.2 Å². The highest BCUT2D eigenvalue weighted by Gasteiger charge is 2.10. The van der Waals surface area contributed by atoms with Crippen LogP contribution in [0.15, 0.2) is 24.3 Å². The summed E-state index contributed by atoms with van der Waals surface area (Å²) in [4.78, 5) is 13.1. The zero-order valence-corrected chi connectivity index (χ0v) is 12.6. The van der Waals surface area contributed by atoms with E-state index in [-0.39, 0.29) is 5.91 Å². The second kappa shape index (κ2) is 8.64. The molecule has 0 spiro atoms. The number of nitrogens with one attached hydrogen (secondary N) is 1. The zero-order chi connectivity index (χ0) is 14.9. The molecule has 1 aromatic carbocycles. The smallest absolute Gasteiger partial charge is 0.216 e. The number of ether oxygens (including phenoxy) is 2. The van der Waals surface area contributed by atoms with Crippen molar-refractivity contribution < 1.29 is 14.3 Å². The Morgan fingerprint density at radius 1 is 1.29 bits per heavy atom. The van der Waals surface area contributed by atoms with E-state index in [9.17, 15) is 4.79 Å². The van der Waals surface area contributed by atoms with E-state index in [0.717, 1.165) is 45.0 Å². The molecule has 5 nitrogen and oxygen atoms in total. The summed E-state index contributed by atoms with van der Waals surface area (Å²) < 4.78 is 11.0. The molecule has 21 heavy (non-hydrogen) atoms. The van der Waals surface area contributed by atoms with Gasteiger partial charge in [-0.1, -0.05) is 12.1 Å². The molecule has 5 heteroatoms. The van der Waals surface area contributed by atoms with Gasteiger partial charge in [0.1, 0.15) is 5.75 Å². The summed E-state index contributed by atoms with van der Waals surface area (Å²) in [5, 5.41) is 2.75. The van der Waals surface area contributed by atoms with Crippen molar-refractivity contribution in [3.63, 3.8) is 0 Å². The molecule has 116 valence electrons. The van der Waals surface area contributed by atoms with E-state index in [2.05, 4.69) is 22.3 Å². The van der Waals surface area contributed by atoms with Crippen LogP contribution in [0, 0.1) is 0 Å². The van der Waals surface area contributed by atoms with Crippen molar-refractivity contribution in [2.75, 3.05) is 39.5 Å². The predicted octanol–water partition coefficient (Wildman–Crippen LogP) is 1.42. The maximum atomic E-state index is 10.7. The van der Waals surface area contributed by atoms with Crippen LogP contribution in [0.2, 0.25) is 0 Å². The third kappa shape index (κ3) is 6.14. The van der Waals surface area contributed by atoms with Crippen molar-refractivity contribution in [1.82, 2.24) is 10.2 Å². The Morgan fingerprint density at radius 2 is 2.00 bits per heavy atom. The van der Waals surface area contributed by atoms with E-state index in [1.807, 2.05) is 12.1 Å². The minimum atomic E-state index is 0.00228. The van der Waals surface area contributed by atoms with E-state index >= 15 is 0 Å². The number of hydrogen-bond acceptors (Lipinski definition) is 4. The number of hydrogen-bond donors (Lipinski definition) is 1. The summed E-state index contributed by atoms with van der Waals surface area (Å²) in [6.07, 6.45) is 0.815. The molecular formula is C16H24N2O3. The Labute approximate surface area is 126 Å². The molecule has 1 aliphatic rings. The largest absolute Gasteiger partial charge is 0.494 e. The summed E-state index contributed by atoms with van der Waals surface area (Å²) in [7, 11) is 0. The van der Waals surface area contributed by atoms with Crippen LogP contribution < -0.4 is 10.1 Å². The molecule has 1 aliphatic heterocycles. The van der Waals surface area contributed by atoms with Gasteiger partial charge in [0.05, 0.1) is 19.8 Å². The van der Waals surface area contributed by atoms with Crippen LogP contribution in [0.25, 0.3) is 0 Å². The summed E-state index contributed by atoms with van der Waals surface area (Å²) >= 11 is 0. The molecule has 0 saturated carbocycles. The quantitative estimate of drug-likeness (QED) is 0.772. The van der Waals surface area contributed by atoms with Crippen LogP contribution in [-0.4, -0.2) is 50.3 Å². The van der Waals surface area contributed by atoms with Crippen molar-refractivity contribution >= 4 is 5.91 Å². The van der Waals surface area contributed by atoms with Gasteiger partial charge in [-0.25, -0.2) is 0 Å². The fourth-order valence-electron chi connectivity index (χ4n) is 2.24. The number of carbonyl (C=O) groups excluding carboxylic acids is 1. The zero-order valence-electron chi connectivity index (χ0n) is 12.6. The molecule has 0 bridgehead atoms. The Morgan fingerprint density at radius 3 is 2.67 bits per heavy atom. The SMILES string of the molecule is CC(=O)NCCCOc1ccc(CN2CCOCC2)cc1. The number of rotatable bonds is 7. The van der Waals surface area contributed by atoms with Gasteiger partial charge >= 0.3 is 0 Å². The average molecular weight is 292 g/mol. The number of benzene rings is 1. The third-order valence-corrected chi connectivity index (χ3v) is 3.40. The van der Waals surface area contributed by atoms with E-state index in [1.165, 1.54) is 12.5 Å². The van der Waals surface area contributed by atoms with Gasteiger partial charge < -0.3 is 14.8 Å². The first-order valence-electron chi connectivity index (χ1n) is 7.50. The second-order valence-corrected chi connectivity index (χ2v) is 5.22. The van der Waals surface area contributed by atoms with Gasteiger partial charge in [-0.2, -0.15) is 0 Å². The normalized spacial score (nSPS) is 15.7. The first-order chi connectivity index (χ1) is 10.2. The minimum Gasteiger partial charge on any atom is -0.494 e. The fourth-order valence-corrected chi connectivity index (χ4v) is 2.24. The molecule has 0 radical (unpaired) electrons. The first-order valence-corrected chi connectivity index (χ1v) is 7.50. The van der Waals surface area contributed by atoms with Crippen molar-refractivity contribution in [3.05, 3.63) is 29.8 Å². The second-order valence-electron chi connectivity index (χ2n) is 5.22. The number of amides is 1. The van der Waals surface area contributed by atoms with Gasteiger partial charge in [0, 0.05) is 33.1 Å². The van der Waals surface area contributed by atoms with Gasteiger partial charge in [-0.3, -0.25) is 9.69 Å². The summed E-state index contributed by atoms with van der Waals surface area (Å²) in [6, 6.07) is 8.24. The van der Waals surface area contributed by atoms with E-state index < -0.39 is 0 Å². The number of nitrogens with zero attached hydrogens (tertiary/aromatic N) is 1. The van der Waals surface area contributed by atoms with Crippen LogP contribution in [0.1, 0.15) is 18.9 Å². The minimum absolute atomic E-state index is 0.00228. The number of morpholine rings is 1. The Hall–Kier alpha value is -1.59. The summed E-state index contributed by atoms with van der Waals surface area (Å²) in [5.41, 5.74) is 1.29. The molecule has 2 rings (SSSR count). The Bertz CT molecular complexity index is 428. The van der Waals surface area contributed by atoms with Crippen LogP contribution in [0.5, 0.6) is 5.75 Å². The van der Waals surface area contributed by atoms with Gasteiger partial charge in [-0.05, 0) is 24.1 Å². The van der Waals surface area contributed by atoms with Gasteiger partial charge in [0.2, 0.25) is 5.91 Å². The van der Waals surface area contributed by atoms with Crippen LogP contribution in [0.4, 0.5) is 0 Å². The molecule has 1 amide bonds. The lowest BCUT2D eigenvalue weighted by molar-refractivity contribution is -0.118. The molecule has 1 heterocycles. The lowest BCUT2D eigenvalue weighted by Gasteiger charge is -2.26. The first kappa shape index (κ1) is 15.8. The monoisotopic (exact) mass is 292 g/mol. The van der Waals surface area contributed by atoms with Crippen molar-refractivity contribution in [1.29, 1.82) is 0 Å². The van der Waals surface area contributed by atoms with E-state index in [1.54, 1.807) is 0 Å². The standard InChI is InChI=1S/C16H24N2O3/c1-14(19)17-7-2-10-21-16-5-3-15(4-6-16)13-18-8-11-20-12-9-18/h3-6H,2,7-13H2,1H3,(H,17,19). The molecule has 0 aliphatic carbocycles. The highest BCUT2D eigenvalue weighted by Crippen LogP contribution is 2.14. The fraction of sp³-hybridized carbons (Fsp3) is 0.562. The molecule has 1 N–H and O–H groups in total. The van der Waals surface area contributed by atoms with E-state index in [4.69, 9.17) is 9.47 Å². The highest BCUT2D eigenvalue weighted by molar-refractivity contribution is 5.72. The predicted molar refractivity (Wildman–Crippen MR) is 81.3 cm³/mol. The highest BCUT2D eigenvalue weighted by atomic mass is 16.5. The van der Waals surface area contributed by atoms with Crippen LogP contribution in [0.3, 0.4) is 0 Å². The lowest BCUT2D eigenvalue weighted by Crippen LogP contribution is -2.35. The average Bonchev–Trinajstić information content (AvgIpc) is 2.49. The molecule has 1 aromatic rings. The molecule has 0 unspecified atom stereocenters. The van der Waals surface area contributed by atoms with Gasteiger partial charge in [-0.15, -0.1) is 0 Å². The molecule has 1 saturated heterocycles. The van der Waals surface area contributed by atoms with Crippen molar-refractivity contribution in [2.24, 2.45) is 0 Å². The van der Waals surface area contributed by atoms with Crippen LogP contribution >= 0.6 is 0 Å². The van der Waals surface area contributed by atoms with Crippen molar-refractivity contribution in [2.45, 2.75) is 19.9 Å². The number of carbonyl (C=O) groups is 1. The maximum absolute atomic E-state index is 10.7. The lowest BCUT2D eigenvalue weighted by atomic mass is 10.2. The summed E-state index contributed by atoms with van der Waals surface area (Å²) in [6.45, 7) is 7.42. The van der Waals surface area contributed by atoms with Gasteiger partial charge in [0.25, 0.3) is 0 Å². The Kier molecular flexibility index (Phi) is 6.50. The molecule has 1 fully saturated rings.